The maximum atomic E-state index is 14.0. The Morgan fingerprint density at radius 3 is 2.38 bits per heavy atom. The Labute approximate surface area is 132 Å². The van der Waals surface area contributed by atoms with Gasteiger partial charge in [0.05, 0.1) is 5.60 Å². The molecule has 0 radical (unpaired) electrons. The molecule has 3 rings (SSSR count). The SMILES string of the molecule is OC1(c2cc(Br)ccc2F)CCC(c2ccccc2)CC1. The van der Waals surface area contributed by atoms with Gasteiger partial charge in [0.15, 0.2) is 0 Å². The van der Waals surface area contributed by atoms with Gasteiger partial charge in [-0.1, -0.05) is 46.3 Å². The fraction of sp³-hybridized carbons (Fsp3) is 0.333. The van der Waals surface area contributed by atoms with Gasteiger partial charge in [-0.05, 0) is 55.4 Å². The average Bonchev–Trinajstić information content (AvgIpc) is 2.51. The molecule has 0 aliphatic heterocycles. The molecule has 1 saturated carbocycles. The lowest BCUT2D eigenvalue weighted by Gasteiger charge is -2.37. The summed E-state index contributed by atoms with van der Waals surface area (Å²) < 4.78 is 14.8. The zero-order chi connectivity index (χ0) is 14.9. The number of rotatable bonds is 2. The highest BCUT2D eigenvalue weighted by Crippen LogP contribution is 2.44. The first kappa shape index (κ1) is 14.7. The Kier molecular flexibility index (Phi) is 4.14. The summed E-state index contributed by atoms with van der Waals surface area (Å²) in [5, 5.41) is 10.9. The maximum Gasteiger partial charge on any atom is 0.129 e. The molecule has 110 valence electrons. The summed E-state index contributed by atoms with van der Waals surface area (Å²) in [6.45, 7) is 0. The Morgan fingerprint density at radius 1 is 1.05 bits per heavy atom. The van der Waals surface area contributed by atoms with Crippen LogP contribution in [0.15, 0.2) is 53.0 Å². The van der Waals surface area contributed by atoms with E-state index in [-0.39, 0.29) is 5.82 Å². The maximum absolute atomic E-state index is 14.0. The minimum absolute atomic E-state index is 0.320. The lowest BCUT2D eigenvalue weighted by molar-refractivity contribution is -0.00873. The van der Waals surface area contributed by atoms with Gasteiger partial charge in [-0.3, -0.25) is 0 Å². The van der Waals surface area contributed by atoms with E-state index in [2.05, 4.69) is 28.1 Å². The zero-order valence-electron chi connectivity index (χ0n) is 11.7. The Morgan fingerprint density at radius 2 is 1.71 bits per heavy atom. The van der Waals surface area contributed by atoms with Crippen LogP contribution in [-0.4, -0.2) is 5.11 Å². The molecule has 0 unspecified atom stereocenters. The fourth-order valence-electron chi connectivity index (χ4n) is 3.28. The molecule has 1 aliphatic carbocycles. The van der Waals surface area contributed by atoms with E-state index in [4.69, 9.17) is 0 Å². The molecular weight excluding hydrogens is 331 g/mol. The van der Waals surface area contributed by atoms with Crippen LogP contribution < -0.4 is 0 Å². The van der Waals surface area contributed by atoms with E-state index >= 15 is 0 Å². The van der Waals surface area contributed by atoms with Crippen molar-refractivity contribution in [3.05, 3.63) is 69.9 Å². The molecule has 0 saturated heterocycles. The van der Waals surface area contributed by atoms with Crippen LogP contribution in [0.5, 0.6) is 0 Å². The number of halogens is 2. The van der Waals surface area contributed by atoms with Gasteiger partial charge < -0.3 is 5.11 Å². The van der Waals surface area contributed by atoms with Gasteiger partial charge >= 0.3 is 0 Å². The number of aliphatic hydroxyl groups is 1. The molecule has 0 heterocycles. The van der Waals surface area contributed by atoms with E-state index in [9.17, 15) is 9.50 Å². The molecule has 2 aromatic rings. The van der Waals surface area contributed by atoms with Crippen LogP contribution in [0.25, 0.3) is 0 Å². The Balaban J connectivity index is 1.79. The predicted octanol–water partition coefficient (Wildman–Crippen LogP) is 5.13. The lowest BCUT2D eigenvalue weighted by atomic mass is 9.73. The highest BCUT2D eigenvalue weighted by molar-refractivity contribution is 9.10. The normalized spacial score (nSPS) is 25.8. The number of hydrogen-bond acceptors (Lipinski definition) is 1. The summed E-state index contributed by atoms with van der Waals surface area (Å²) >= 11 is 3.36. The summed E-state index contributed by atoms with van der Waals surface area (Å²) in [5.74, 6) is 0.139. The van der Waals surface area contributed by atoms with Crippen LogP contribution in [0, 0.1) is 5.82 Å². The highest BCUT2D eigenvalue weighted by Gasteiger charge is 2.37. The van der Waals surface area contributed by atoms with Crippen molar-refractivity contribution >= 4 is 15.9 Å². The lowest BCUT2D eigenvalue weighted by Crippen LogP contribution is -2.32. The van der Waals surface area contributed by atoms with Crippen LogP contribution in [0.2, 0.25) is 0 Å². The third-order valence-electron chi connectivity index (χ3n) is 4.51. The molecule has 0 amide bonds. The van der Waals surface area contributed by atoms with Gasteiger partial charge in [0, 0.05) is 10.0 Å². The van der Waals surface area contributed by atoms with Crippen molar-refractivity contribution in [1.29, 1.82) is 0 Å². The standard InChI is InChI=1S/C18H18BrFO/c19-15-6-7-17(20)16(12-15)18(21)10-8-14(9-11-18)13-4-2-1-3-5-13/h1-7,12,14,21H,8-11H2. The smallest absolute Gasteiger partial charge is 0.129 e. The molecule has 0 spiro atoms. The van der Waals surface area contributed by atoms with Gasteiger partial charge in [-0.2, -0.15) is 0 Å². The van der Waals surface area contributed by atoms with E-state index in [1.807, 2.05) is 18.2 Å². The van der Waals surface area contributed by atoms with Crippen LogP contribution in [0.4, 0.5) is 4.39 Å². The monoisotopic (exact) mass is 348 g/mol. The number of benzene rings is 2. The zero-order valence-corrected chi connectivity index (χ0v) is 13.3. The van der Waals surface area contributed by atoms with Gasteiger partial charge in [-0.25, -0.2) is 4.39 Å². The molecular formula is C18H18BrFO. The highest BCUT2D eigenvalue weighted by atomic mass is 79.9. The third kappa shape index (κ3) is 3.04. The molecule has 2 aromatic carbocycles. The van der Waals surface area contributed by atoms with Crippen molar-refractivity contribution < 1.29 is 9.50 Å². The summed E-state index contributed by atoms with van der Waals surface area (Å²) in [5.41, 5.74) is 0.691. The third-order valence-corrected chi connectivity index (χ3v) is 5.01. The largest absolute Gasteiger partial charge is 0.385 e. The van der Waals surface area contributed by atoms with Crippen LogP contribution in [0.3, 0.4) is 0 Å². The predicted molar refractivity (Wildman–Crippen MR) is 85.6 cm³/mol. The van der Waals surface area contributed by atoms with Crippen LogP contribution in [-0.2, 0) is 5.60 Å². The van der Waals surface area contributed by atoms with Crippen molar-refractivity contribution in [1.82, 2.24) is 0 Å². The van der Waals surface area contributed by atoms with E-state index in [1.165, 1.54) is 11.6 Å². The van der Waals surface area contributed by atoms with Gasteiger partial charge in [0.1, 0.15) is 5.82 Å². The molecule has 1 fully saturated rings. The molecule has 3 heteroatoms. The Hall–Kier alpha value is -1.19. The minimum atomic E-state index is -1.04. The quantitative estimate of drug-likeness (QED) is 0.797. The molecule has 21 heavy (non-hydrogen) atoms. The summed E-state index contributed by atoms with van der Waals surface area (Å²) in [6.07, 6.45) is 2.96. The van der Waals surface area contributed by atoms with Crippen molar-refractivity contribution in [3.8, 4) is 0 Å². The van der Waals surface area contributed by atoms with E-state index in [1.54, 1.807) is 12.1 Å². The van der Waals surface area contributed by atoms with Gasteiger partial charge in [0.2, 0.25) is 0 Å². The van der Waals surface area contributed by atoms with Crippen molar-refractivity contribution in [3.63, 3.8) is 0 Å². The molecule has 0 aromatic heterocycles. The minimum Gasteiger partial charge on any atom is -0.385 e. The van der Waals surface area contributed by atoms with Gasteiger partial charge in [-0.15, -0.1) is 0 Å². The van der Waals surface area contributed by atoms with Crippen molar-refractivity contribution in [2.24, 2.45) is 0 Å². The topological polar surface area (TPSA) is 20.2 Å². The first-order valence-corrected chi connectivity index (χ1v) is 8.11. The first-order valence-electron chi connectivity index (χ1n) is 7.31. The van der Waals surface area contributed by atoms with Crippen molar-refractivity contribution in [2.75, 3.05) is 0 Å². The van der Waals surface area contributed by atoms with Crippen LogP contribution in [0.1, 0.15) is 42.7 Å². The Bertz CT molecular complexity index is 618. The second kappa shape index (κ2) is 5.90. The van der Waals surface area contributed by atoms with E-state index < -0.39 is 5.60 Å². The van der Waals surface area contributed by atoms with Crippen LogP contribution >= 0.6 is 15.9 Å². The van der Waals surface area contributed by atoms with Gasteiger partial charge in [0.25, 0.3) is 0 Å². The molecule has 1 N–H and O–H groups in total. The first-order chi connectivity index (χ1) is 10.1. The fourth-order valence-corrected chi connectivity index (χ4v) is 3.64. The average molecular weight is 349 g/mol. The molecule has 0 atom stereocenters. The summed E-state index contributed by atoms with van der Waals surface area (Å²) in [6, 6.07) is 15.2. The summed E-state index contributed by atoms with van der Waals surface area (Å²) in [7, 11) is 0. The van der Waals surface area contributed by atoms with E-state index in [0.29, 0.717) is 24.3 Å². The number of hydrogen-bond donors (Lipinski definition) is 1. The molecule has 1 nitrogen and oxygen atoms in total. The second-order valence-corrected chi connectivity index (χ2v) is 6.76. The molecule has 0 bridgehead atoms. The van der Waals surface area contributed by atoms with Crippen molar-refractivity contribution in [2.45, 2.75) is 37.2 Å². The molecule has 1 aliphatic rings. The van der Waals surface area contributed by atoms with E-state index in [0.717, 1.165) is 17.3 Å². The second-order valence-electron chi connectivity index (χ2n) is 5.84. The summed E-state index contributed by atoms with van der Waals surface area (Å²) in [4.78, 5) is 0.